The molecule has 0 aliphatic heterocycles. The maximum atomic E-state index is 13.7. The number of hydrogen-bond donors (Lipinski definition) is 1. The van der Waals surface area contributed by atoms with Crippen LogP contribution in [0.4, 0.5) is 4.39 Å². The Morgan fingerprint density at radius 1 is 1.43 bits per heavy atom. The van der Waals surface area contributed by atoms with Crippen molar-refractivity contribution in [2.24, 2.45) is 0 Å². The molecule has 1 aromatic heterocycles. The molecule has 110 valence electrons. The minimum atomic E-state index is -0.347. The Bertz CT molecular complexity index is 655. The van der Waals surface area contributed by atoms with Crippen molar-refractivity contribution in [3.05, 3.63) is 41.2 Å². The number of thiazole rings is 1. The van der Waals surface area contributed by atoms with E-state index in [2.05, 4.69) is 4.98 Å². The fraction of sp³-hybridized carbons (Fsp3) is 0.333. The summed E-state index contributed by atoms with van der Waals surface area (Å²) >= 11 is 1.18. The molecule has 0 bridgehead atoms. The molecule has 3 rings (SSSR count). The third-order valence-electron chi connectivity index (χ3n) is 3.41. The van der Waals surface area contributed by atoms with Gasteiger partial charge in [-0.15, -0.1) is 11.3 Å². The van der Waals surface area contributed by atoms with Crippen molar-refractivity contribution < 1.29 is 14.3 Å². The van der Waals surface area contributed by atoms with Gasteiger partial charge < -0.3 is 10.0 Å². The van der Waals surface area contributed by atoms with E-state index in [0.717, 1.165) is 12.8 Å². The summed E-state index contributed by atoms with van der Waals surface area (Å²) in [5.41, 5.74) is 0.404. The number of amides is 1. The van der Waals surface area contributed by atoms with Crippen LogP contribution in [0, 0.1) is 5.82 Å². The lowest BCUT2D eigenvalue weighted by molar-refractivity contribution is 0.0712. The molecule has 4 nitrogen and oxygen atoms in total. The highest BCUT2D eigenvalue weighted by atomic mass is 32.1. The first-order chi connectivity index (χ1) is 10.2. The molecule has 1 heterocycles. The van der Waals surface area contributed by atoms with Gasteiger partial charge in [0.25, 0.3) is 5.91 Å². The molecule has 1 aliphatic carbocycles. The standard InChI is InChI=1S/C15H15FN2O2S/c16-12-4-2-1-3-11(12)14-17-9-13(21-14)15(20)18(7-8-19)10-5-6-10/h1-4,9-10,19H,5-8H2. The van der Waals surface area contributed by atoms with Crippen molar-refractivity contribution in [2.45, 2.75) is 18.9 Å². The van der Waals surface area contributed by atoms with E-state index >= 15 is 0 Å². The third-order valence-corrected chi connectivity index (χ3v) is 4.43. The number of aliphatic hydroxyl groups excluding tert-OH is 1. The molecule has 0 saturated heterocycles. The van der Waals surface area contributed by atoms with Crippen molar-refractivity contribution in [1.29, 1.82) is 0 Å². The monoisotopic (exact) mass is 306 g/mol. The Morgan fingerprint density at radius 2 is 2.19 bits per heavy atom. The molecule has 1 saturated carbocycles. The van der Waals surface area contributed by atoms with Gasteiger partial charge in [0.1, 0.15) is 15.7 Å². The molecular weight excluding hydrogens is 291 g/mol. The summed E-state index contributed by atoms with van der Waals surface area (Å²) in [6.07, 6.45) is 3.44. The Hall–Kier alpha value is -1.79. The minimum Gasteiger partial charge on any atom is -0.395 e. The summed E-state index contributed by atoms with van der Waals surface area (Å²) in [6, 6.07) is 6.61. The van der Waals surface area contributed by atoms with Crippen LogP contribution in [0.25, 0.3) is 10.6 Å². The molecule has 0 radical (unpaired) electrons. The smallest absolute Gasteiger partial charge is 0.265 e. The predicted octanol–water partition coefficient (Wildman–Crippen LogP) is 2.55. The van der Waals surface area contributed by atoms with Gasteiger partial charge in [0.05, 0.1) is 12.8 Å². The second-order valence-corrected chi connectivity index (χ2v) is 5.99. The first-order valence-electron chi connectivity index (χ1n) is 6.83. The molecule has 1 fully saturated rings. The van der Waals surface area contributed by atoms with E-state index in [0.29, 0.717) is 22.0 Å². The summed E-state index contributed by atoms with van der Waals surface area (Å²) < 4.78 is 13.7. The maximum absolute atomic E-state index is 13.7. The van der Waals surface area contributed by atoms with E-state index in [1.165, 1.54) is 23.6 Å². The number of benzene rings is 1. The van der Waals surface area contributed by atoms with E-state index in [1.807, 2.05) is 0 Å². The summed E-state index contributed by atoms with van der Waals surface area (Å²) in [5.74, 6) is -0.480. The van der Waals surface area contributed by atoms with Crippen LogP contribution in [0.1, 0.15) is 22.5 Å². The fourth-order valence-corrected chi connectivity index (χ4v) is 3.12. The van der Waals surface area contributed by atoms with E-state index < -0.39 is 0 Å². The molecule has 1 amide bonds. The highest BCUT2D eigenvalue weighted by molar-refractivity contribution is 7.16. The number of nitrogens with zero attached hydrogens (tertiary/aromatic N) is 2. The van der Waals surface area contributed by atoms with Crippen LogP contribution < -0.4 is 0 Å². The summed E-state index contributed by atoms with van der Waals surface area (Å²) in [5, 5.41) is 9.57. The normalized spacial score (nSPS) is 14.2. The number of aliphatic hydroxyl groups is 1. The summed E-state index contributed by atoms with van der Waals surface area (Å²) in [6.45, 7) is 0.275. The van der Waals surface area contributed by atoms with Crippen LogP contribution in [0.5, 0.6) is 0 Å². The Morgan fingerprint density at radius 3 is 2.86 bits per heavy atom. The highest BCUT2D eigenvalue weighted by Crippen LogP contribution is 2.31. The van der Waals surface area contributed by atoms with E-state index in [4.69, 9.17) is 5.11 Å². The molecule has 1 aliphatic rings. The van der Waals surface area contributed by atoms with Crippen molar-refractivity contribution >= 4 is 17.2 Å². The van der Waals surface area contributed by atoms with Gasteiger partial charge in [-0.3, -0.25) is 4.79 Å². The molecule has 0 unspecified atom stereocenters. The lowest BCUT2D eigenvalue weighted by Crippen LogP contribution is -2.35. The maximum Gasteiger partial charge on any atom is 0.265 e. The molecule has 0 atom stereocenters. The molecular formula is C15H15FN2O2S. The van der Waals surface area contributed by atoms with Crippen LogP contribution in [-0.4, -0.2) is 40.1 Å². The summed E-state index contributed by atoms with van der Waals surface area (Å²) in [4.78, 5) is 18.8. The van der Waals surface area contributed by atoms with E-state index in [1.54, 1.807) is 23.1 Å². The second kappa shape index (κ2) is 5.91. The lowest BCUT2D eigenvalue weighted by Gasteiger charge is -2.20. The Balaban J connectivity index is 1.84. The topological polar surface area (TPSA) is 53.4 Å². The van der Waals surface area contributed by atoms with Gasteiger partial charge >= 0.3 is 0 Å². The van der Waals surface area contributed by atoms with Crippen molar-refractivity contribution in [3.63, 3.8) is 0 Å². The quantitative estimate of drug-likeness (QED) is 0.923. The average molecular weight is 306 g/mol. The molecule has 2 aromatic rings. The van der Waals surface area contributed by atoms with Gasteiger partial charge in [-0.1, -0.05) is 12.1 Å². The molecule has 1 aromatic carbocycles. The number of carbonyl (C=O) groups excluding carboxylic acids is 1. The molecule has 6 heteroatoms. The van der Waals surface area contributed by atoms with Gasteiger partial charge in [-0.25, -0.2) is 9.37 Å². The Kier molecular flexibility index (Phi) is 3.98. The SMILES string of the molecule is O=C(c1cnc(-c2ccccc2F)s1)N(CCO)C1CC1. The zero-order valence-electron chi connectivity index (χ0n) is 11.3. The molecule has 0 spiro atoms. The zero-order chi connectivity index (χ0) is 14.8. The average Bonchev–Trinajstić information content (AvgIpc) is 3.21. The second-order valence-electron chi connectivity index (χ2n) is 4.96. The van der Waals surface area contributed by atoms with Gasteiger partial charge in [-0.2, -0.15) is 0 Å². The number of carbonyl (C=O) groups is 1. The van der Waals surface area contributed by atoms with Crippen molar-refractivity contribution in [2.75, 3.05) is 13.2 Å². The first-order valence-corrected chi connectivity index (χ1v) is 7.65. The van der Waals surface area contributed by atoms with Crippen LogP contribution in [0.15, 0.2) is 30.5 Å². The van der Waals surface area contributed by atoms with Gasteiger partial charge in [0.15, 0.2) is 0 Å². The van der Waals surface area contributed by atoms with Gasteiger partial charge in [0, 0.05) is 18.2 Å². The minimum absolute atomic E-state index is 0.0544. The van der Waals surface area contributed by atoms with Crippen molar-refractivity contribution in [1.82, 2.24) is 9.88 Å². The lowest BCUT2D eigenvalue weighted by atomic mass is 10.2. The molecule has 21 heavy (non-hydrogen) atoms. The Labute approximate surface area is 125 Å². The van der Waals surface area contributed by atoms with Crippen LogP contribution >= 0.6 is 11.3 Å². The zero-order valence-corrected chi connectivity index (χ0v) is 12.1. The fourth-order valence-electron chi connectivity index (χ4n) is 2.22. The van der Waals surface area contributed by atoms with Crippen LogP contribution in [0.3, 0.4) is 0 Å². The number of hydrogen-bond acceptors (Lipinski definition) is 4. The largest absolute Gasteiger partial charge is 0.395 e. The third kappa shape index (κ3) is 2.96. The highest BCUT2D eigenvalue weighted by Gasteiger charge is 2.33. The van der Waals surface area contributed by atoms with Crippen LogP contribution in [0.2, 0.25) is 0 Å². The van der Waals surface area contributed by atoms with Crippen LogP contribution in [-0.2, 0) is 0 Å². The number of aromatic nitrogens is 1. The van der Waals surface area contributed by atoms with Gasteiger partial charge in [0.2, 0.25) is 0 Å². The molecule has 1 N–H and O–H groups in total. The predicted molar refractivity (Wildman–Crippen MR) is 78.7 cm³/mol. The van der Waals surface area contributed by atoms with E-state index in [9.17, 15) is 9.18 Å². The number of rotatable bonds is 5. The van der Waals surface area contributed by atoms with Crippen molar-refractivity contribution in [3.8, 4) is 10.6 Å². The number of halogens is 1. The van der Waals surface area contributed by atoms with Gasteiger partial charge in [-0.05, 0) is 25.0 Å². The summed E-state index contributed by atoms with van der Waals surface area (Å²) in [7, 11) is 0. The first kappa shape index (κ1) is 14.2. The van der Waals surface area contributed by atoms with E-state index in [-0.39, 0.29) is 24.4 Å².